The maximum Gasteiger partial charge on any atom is 0.325 e. The molecule has 150 valence electrons. The van der Waals surface area contributed by atoms with Crippen LogP contribution in [0.2, 0.25) is 5.02 Å². The van der Waals surface area contributed by atoms with Crippen LogP contribution < -0.4 is 0 Å². The molecule has 10 heteroatoms. The number of hydrogen-bond donors (Lipinski definition) is 0. The molecule has 1 heterocycles. The van der Waals surface area contributed by atoms with Crippen LogP contribution in [0.3, 0.4) is 0 Å². The molecule has 2 aromatic rings. The van der Waals surface area contributed by atoms with E-state index in [1.807, 2.05) is 0 Å². The lowest BCUT2D eigenvalue weighted by Crippen LogP contribution is -2.43. The van der Waals surface area contributed by atoms with Crippen LogP contribution in [0.25, 0.3) is 0 Å². The molecule has 2 rings (SSSR count). The number of ether oxygens (including phenoxy) is 1. The molecule has 0 atom stereocenters. The molecule has 0 radical (unpaired) electrons. The number of aromatic nitrogens is 1. The molecule has 8 nitrogen and oxygen atoms in total. The summed E-state index contributed by atoms with van der Waals surface area (Å²) in [5.74, 6) is -1.16. The van der Waals surface area contributed by atoms with Gasteiger partial charge >= 0.3 is 5.97 Å². The molecule has 28 heavy (non-hydrogen) atoms. The lowest BCUT2D eigenvalue weighted by molar-refractivity contribution is -0.147. The first kappa shape index (κ1) is 21.8. The van der Waals surface area contributed by atoms with E-state index < -0.39 is 28.4 Å². The number of sulfonamides is 1. The van der Waals surface area contributed by atoms with Crippen LogP contribution in [-0.2, 0) is 30.9 Å². The Kier molecular flexibility index (Phi) is 7.50. The second-order valence-electron chi connectivity index (χ2n) is 5.90. The second-order valence-corrected chi connectivity index (χ2v) is 8.38. The number of benzene rings is 1. The van der Waals surface area contributed by atoms with Crippen LogP contribution in [-0.4, -0.2) is 61.7 Å². The van der Waals surface area contributed by atoms with E-state index in [1.165, 1.54) is 43.6 Å². The van der Waals surface area contributed by atoms with Crippen LogP contribution in [0.15, 0.2) is 53.7 Å². The third-order valence-electron chi connectivity index (χ3n) is 3.89. The van der Waals surface area contributed by atoms with Crippen molar-refractivity contribution < 1.29 is 22.7 Å². The minimum absolute atomic E-state index is 0.0254. The summed E-state index contributed by atoms with van der Waals surface area (Å²) < 4.78 is 30.7. The molecular weight excluding hydrogens is 406 g/mol. The Morgan fingerprint density at radius 3 is 2.39 bits per heavy atom. The molecule has 0 bridgehead atoms. The van der Waals surface area contributed by atoms with Gasteiger partial charge in [0, 0.05) is 31.0 Å². The molecule has 0 unspecified atom stereocenters. The fraction of sp³-hybridized carbons (Fsp3) is 0.278. The number of hydrogen-bond acceptors (Lipinski definition) is 6. The Balaban J connectivity index is 2.16. The van der Waals surface area contributed by atoms with Gasteiger partial charge in [0.15, 0.2) is 0 Å². The number of nitrogens with zero attached hydrogens (tertiary/aromatic N) is 3. The number of likely N-dealkylation sites (N-methyl/N-ethyl adjacent to an activating group) is 1. The van der Waals surface area contributed by atoms with E-state index in [9.17, 15) is 18.0 Å². The first-order valence-electron chi connectivity index (χ1n) is 8.19. The number of carbonyl (C=O) groups excluding carboxylic acids is 2. The highest BCUT2D eigenvalue weighted by Crippen LogP contribution is 2.14. The highest BCUT2D eigenvalue weighted by atomic mass is 35.5. The van der Waals surface area contributed by atoms with Gasteiger partial charge in [0.05, 0.1) is 13.7 Å². The van der Waals surface area contributed by atoms with E-state index >= 15 is 0 Å². The van der Waals surface area contributed by atoms with Crippen LogP contribution in [0, 0.1) is 0 Å². The first-order valence-corrected chi connectivity index (χ1v) is 10.0. The van der Waals surface area contributed by atoms with Gasteiger partial charge in [-0.2, -0.15) is 4.31 Å². The van der Waals surface area contributed by atoms with Gasteiger partial charge in [0.1, 0.15) is 11.4 Å². The zero-order chi connectivity index (χ0) is 20.7. The quantitative estimate of drug-likeness (QED) is 0.595. The molecule has 0 saturated heterocycles. The minimum atomic E-state index is -3.89. The van der Waals surface area contributed by atoms with Crippen LogP contribution >= 0.6 is 11.6 Å². The summed E-state index contributed by atoms with van der Waals surface area (Å²) in [5.41, 5.74) is 0.736. The third-order valence-corrected chi connectivity index (χ3v) is 5.93. The van der Waals surface area contributed by atoms with Crippen LogP contribution in [0.4, 0.5) is 0 Å². The maximum atomic E-state index is 12.7. The first-order chi connectivity index (χ1) is 13.2. The van der Waals surface area contributed by atoms with Gasteiger partial charge in [-0.1, -0.05) is 23.7 Å². The normalized spacial score (nSPS) is 11.3. The standard InChI is InChI=1S/C18H20ClN3O5S/c1-21(28(25,26)16-4-3-9-20-10-16)12-17(23)22(13-18(24)27-2)11-14-5-7-15(19)8-6-14/h3-10H,11-13H2,1-2H3. The summed E-state index contributed by atoms with van der Waals surface area (Å²) in [4.78, 5) is 29.4. The summed E-state index contributed by atoms with van der Waals surface area (Å²) >= 11 is 5.86. The van der Waals surface area contributed by atoms with Gasteiger partial charge < -0.3 is 9.64 Å². The van der Waals surface area contributed by atoms with Gasteiger partial charge in [0.25, 0.3) is 0 Å². The number of carbonyl (C=O) groups is 2. The molecule has 0 aliphatic carbocycles. The Bertz CT molecular complexity index is 920. The average molecular weight is 426 g/mol. The zero-order valence-electron chi connectivity index (χ0n) is 15.4. The molecule has 0 aliphatic rings. The lowest BCUT2D eigenvalue weighted by Gasteiger charge is -2.24. The molecule has 0 fully saturated rings. The predicted molar refractivity (Wildman–Crippen MR) is 103 cm³/mol. The van der Waals surface area contributed by atoms with E-state index in [0.29, 0.717) is 5.02 Å². The summed E-state index contributed by atoms with van der Waals surface area (Å²) in [5, 5.41) is 0.539. The van der Waals surface area contributed by atoms with Crippen molar-refractivity contribution in [2.24, 2.45) is 0 Å². The number of halogens is 1. The highest BCUT2D eigenvalue weighted by Gasteiger charge is 2.26. The van der Waals surface area contributed by atoms with Crippen molar-refractivity contribution in [3.05, 3.63) is 59.4 Å². The Morgan fingerprint density at radius 1 is 1.14 bits per heavy atom. The molecule has 0 spiro atoms. The van der Waals surface area contributed by atoms with Crippen molar-refractivity contribution in [3.63, 3.8) is 0 Å². The average Bonchev–Trinajstić information content (AvgIpc) is 2.69. The monoisotopic (exact) mass is 425 g/mol. The molecule has 1 aromatic carbocycles. The summed E-state index contributed by atoms with van der Waals surface area (Å²) in [6.45, 7) is -0.646. The van der Waals surface area contributed by atoms with Gasteiger partial charge in [0.2, 0.25) is 15.9 Å². The number of pyridine rings is 1. The second kappa shape index (κ2) is 9.63. The molecule has 0 aliphatic heterocycles. The maximum absolute atomic E-state index is 12.7. The van der Waals surface area contributed by atoms with Crippen molar-refractivity contribution in [1.29, 1.82) is 0 Å². The van der Waals surface area contributed by atoms with Crippen molar-refractivity contribution >= 4 is 33.5 Å². The fourth-order valence-electron chi connectivity index (χ4n) is 2.32. The van der Waals surface area contributed by atoms with Crippen molar-refractivity contribution in [2.75, 3.05) is 27.2 Å². The minimum Gasteiger partial charge on any atom is -0.468 e. The van der Waals surface area contributed by atoms with E-state index in [2.05, 4.69) is 9.72 Å². The largest absolute Gasteiger partial charge is 0.468 e. The Labute approximate surface area is 168 Å². The highest BCUT2D eigenvalue weighted by molar-refractivity contribution is 7.89. The van der Waals surface area contributed by atoms with Crippen molar-refractivity contribution in [2.45, 2.75) is 11.4 Å². The predicted octanol–water partition coefficient (Wildman–Crippen LogP) is 1.56. The van der Waals surface area contributed by atoms with E-state index in [4.69, 9.17) is 11.6 Å². The van der Waals surface area contributed by atoms with Crippen molar-refractivity contribution in [1.82, 2.24) is 14.2 Å². The molecule has 0 N–H and O–H groups in total. The third kappa shape index (κ3) is 5.75. The topological polar surface area (TPSA) is 96.9 Å². The molecule has 1 aromatic heterocycles. The van der Waals surface area contributed by atoms with Gasteiger partial charge in [-0.15, -0.1) is 0 Å². The molecule has 1 amide bonds. The van der Waals surface area contributed by atoms with Gasteiger partial charge in [-0.3, -0.25) is 14.6 Å². The smallest absolute Gasteiger partial charge is 0.325 e. The summed E-state index contributed by atoms with van der Waals surface area (Å²) in [7, 11) is -1.39. The Hall–Kier alpha value is -2.49. The molecular formula is C18H20ClN3O5S. The number of amides is 1. The van der Waals surface area contributed by atoms with E-state index in [-0.39, 0.29) is 18.0 Å². The molecule has 0 saturated carbocycles. The van der Waals surface area contributed by atoms with Gasteiger partial charge in [-0.05, 0) is 29.8 Å². The summed E-state index contributed by atoms with van der Waals surface area (Å²) in [6.07, 6.45) is 2.66. The van der Waals surface area contributed by atoms with E-state index in [1.54, 1.807) is 24.3 Å². The van der Waals surface area contributed by atoms with Crippen molar-refractivity contribution in [3.8, 4) is 0 Å². The fourth-order valence-corrected chi connectivity index (χ4v) is 3.53. The number of methoxy groups -OCH3 is 1. The van der Waals surface area contributed by atoms with E-state index in [0.717, 1.165) is 9.87 Å². The van der Waals surface area contributed by atoms with Gasteiger partial charge in [-0.25, -0.2) is 8.42 Å². The SMILES string of the molecule is COC(=O)CN(Cc1ccc(Cl)cc1)C(=O)CN(C)S(=O)(=O)c1cccnc1. The number of esters is 1. The van der Waals surface area contributed by atoms with Crippen LogP contribution in [0.1, 0.15) is 5.56 Å². The zero-order valence-corrected chi connectivity index (χ0v) is 17.0. The van der Waals surface area contributed by atoms with Crippen LogP contribution in [0.5, 0.6) is 0 Å². The Morgan fingerprint density at radius 2 is 1.82 bits per heavy atom. The number of rotatable bonds is 8. The lowest BCUT2D eigenvalue weighted by atomic mass is 10.2. The summed E-state index contributed by atoms with van der Waals surface area (Å²) in [6, 6.07) is 9.65.